The fourth-order valence-corrected chi connectivity index (χ4v) is 1.80. The van der Waals surface area contributed by atoms with Crippen LogP contribution in [-0.4, -0.2) is 10.7 Å². The molecule has 2 N–H and O–H groups in total. The zero-order valence-electron chi connectivity index (χ0n) is 7.79. The van der Waals surface area contributed by atoms with Gasteiger partial charge in [-0.3, -0.25) is 0 Å². The largest absolute Gasteiger partial charge is 0.384 e. The van der Waals surface area contributed by atoms with Gasteiger partial charge in [-0.15, -0.1) is 18.3 Å². The molecule has 0 spiro atoms. The Morgan fingerprint density at radius 3 is 2.92 bits per heavy atom. The Bertz CT molecular complexity index is 279. The summed E-state index contributed by atoms with van der Waals surface area (Å²) in [4.78, 5) is 5.17. The molecule has 1 heterocycles. The van der Waals surface area contributed by atoms with Crippen molar-refractivity contribution in [2.24, 2.45) is 0 Å². The van der Waals surface area contributed by atoms with E-state index in [1.54, 1.807) is 18.0 Å². The van der Waals surface area contributed by atoms with Crippen LogP contribution in [0.3, 0.4) is 0 Å². The monoisotopic (exact) mass is 194 g/mol. The van der Waals surface area contributed by atoms with E-state index in [1.165, 1.54) is 5.57 Å². The summed E-state index contributed by atoms with van der Waals surface area (Å²) >= 11 is 1.78. The van der Waals surface area contributed by atoms with Crippen molar-refractivity contribution >= 4 is 17.6 Å². The first kappa shape index (κ1) is 10.1. The number of nitrogens with zero attached hydrogens (tertiary/aromatic N) is 1. The minimum atomic E-state index is 0.573. The Labute approximate surface area is 83.2 Å². The van der Waals surface area contributed by atoms with Gasteiger partial charge in [0.25, 0.3) is 0 Å². The summed E-state index contributed by atoms with van der Waals surface area (Å²) in [6, 6.07) is 3.81. The van der Waals surface area contributed by atoms with Gasteiger partial charge in [0, 0.05) is 16.8 Å². The maximum Gasteiger partial charge on any atom is 0.123 e. The van der Waals surface area contributed by atoms with E-state index in [1.807, 2.05) is 19.1 Å². The molecule has 2 nitrogen and oxygen atoms in total. The smallest absolute Gasteiger partial charge is 0.123 e. The van der Waals surface area contributed by atoms with Gasteiger partial charge in [-0.1, -0.05) is 5.57 Å². The average Bonchev–Trinajstić information content (AvgIpc) is 2.08. The van der Waals surface area contributed by atoms with E-state index >= 15 is 0 Å². The predicted octanol–water partition coefficient (Wildman–Crippen LogP) is 2.72. The van der Waals surface area contributed by atoms with Crippen LogP contribution in [0.5, 0.6) is 0 Å². The molecule has 13 heavy (non-hydrogen) atoms. The predicted molar refractivity (Wildman–Crippen MR) is 58.8 cm³/mol. The van der Waals surface area contributed by atoms with Crippen LogP contribution in [0.25, 0.3) is 0 Å². The molecule has 1 rings (SSSR count). The second-order valence-electron chi connectivity index (χ2n) is 2.97. The molecule has 0 atom stereocenters. The number of aromatic nitrogens is 1. The molecule has 0 fully saturated rings. The van der Waals surface area contributed by atoms with Gasteiger partial charge in [0.05, 0.1) is 0 Å². The zero-order valence-corrected chi connectivity index (χ0v) is 8.60. The van der Waals surface area contributed by atoms with E-state index in [0.717, 1.165) is 17.1 Å². The Hall–Kier alpha value is -0.960. The third-order valence-electron chi connectivity index (χ3n) is 1.56. The summed E-state index contributed by atoms with van der Waals surface area (Å²) in [5, 5.41) is 0. The van der Waals surface area contributed by atoms with Crippen molar-refractivity contribution in [3.63, 3.8) is 0 Å². The minimum Gasteiger partial charge on any atom is -0.384 e. The molecule has 0 saturated carbocycles. The number of rotatable bonds is 4. The molecule has 0 aromatic carbocycles. The van der Waals surface area contributed by atoms with Gasteiger partial charge in [-0.05, 0) is 25.5 Å². The molecule has 70 valence electrons. The molecule has 0 saturated heterocycles. The third kappa shape index (κ3) is 3.99. The topological polar surface area (TPSA) is 38.9 Å². The number of nitrogen functional groups attached to an aromatic ring is 1. The number of hydrogen-bond donors (Lipinski definition) is 1. The molecule has 0 aliphatic carbocycles. The zero-order chi connectivity index (χ0) is 9.68. The lowest BCUT2D eigenvalue weighted by Crippen LogP contribution is -1.88. The van der Waals surface area contributed by atoms with E-state index in [0.29, 0.717) is 5.82 Å². The average molecular weight is 194 g/mol. The normalized spacial score (nSPS) is 9.92. The molecular weight excluding hydrogens is 180 g/mol. The van der Waals surface area contributed by atoms with Gasteiger partial charge < -0.3 is 5.73 Å². The van der Waals surface area contributed by atoms with Crippen LogP contribution in [0, 0.1) is 0 Å². The van der Waals surface area contributed by atoms with Crippen molar-refractivity contribution in [2.75, 3.05) is 11.5 Å². The van der Waals surface area contributed by atoms with E-state index in [4.69, 9.17) is 5.73 Å². The number of hydrogen-bond acceptors (Lipinski definition) is 3. The number of pyridine rings is 1. The third-order valence-corrected chi connectivity index (χ3v) is 2.54. The van der Waals surface area contributed by atoms with Crippen LogP contribution >= 0.6 is 11.8 Å². The Morgan fingerprint density at radius 1 is 1.62 bits per heavy atom. The molecule has 0 unspecified atom stereocenters. The van der Waals surface area contributed by atoms with Gasteiger partial charge in [0.15, 0.2) is 0 Å². The fraction of sp³-hybridized carbons (Fsp3) is 0.300. The molecule has 0 amide bonds. The number of thioether (sulfide) groups is 1. The lowest BCUT2D eigenvalue weighted by molar-refractivity contribution is 1.12. The lowest BCUT2D eigenvalue weighted by atomic mass is 10.3. The molecular formula is C10H14N2S. The molecule has 1 aromatic heterocycles. The summed E-state index contributed by atoms with van der Waals surface area (Å²) in [5.41, 5.74) is 6.69. The second kappa shape index (κ2) is 4.92. The summed E-state index contributed by atoms with van der Waals surface area (Å²) in [6.07, 6.45) is 2.85. The van der Waals surface area contributed by atoms with Crippen molar-refractivity contribution in [2.45, 2.75) is 18.2 Å². The molecule has 0 bridgehead atoms. The van der Waals surface area contributed by atoms with Crippen molar-refractivity contribution in [1.82, 2.24) is 4.98 Å². The summed E-state index contributed by atoms with van der Waals surface area (Å²) in [5.74, 6) is 1.63. The lowest BCUT2D eigenvalue weighted by Gasteiger charge is -2.00. The molecule has 0 radical (unpaired) electrons. The first-order valence-corrected chi connectivity index (χ1v) is 5.16. The highest BCUT2D eigenvalue weighted by Crippen LogP contribution is 2.19. The van der Waals surface area contributed by atoms with Crippen molar-refractivity contribution < 1.29 is 0 Å². The molecule has 3 heteroatoms. The van der Waals surface area contributed by atoms with Gasteiger partial charge in [-0.2, -0.15) is 0 Å². The standard InChI is InChI=1S/C10H14N2S/c1-8(2)5-6-13-9-3-4-10(11)12-7-9/h3-4,7H,1,5-6H2,2H3,(H2,11,12). The van der Waals surface area contributed by atoms with E-state index in [2.05, 4.69) is 11.6 Å². The van der Waals surface area contributed by atoms with E-state index in [-0.39, 0.29) is 0 Å². The first-order chi connectivity index (χ1) is 6.18. The first-order valence-electron chi connectivity index (χ1n) is 4.17. The van der Waals surface area contributed by atoms with Crippen LogP contribution in [0.2, 0.25) is 0 Å². The van der Waals surface area contributed by atoms with Gasteiger partial charge >= 0.3 is 0 Å². The van der Waals surface area contributed by atoms with E-state index < -0.39 is 0 Å². The highest BCUT2D eigenvalue weighted by molar-refractivity contribution is 7.99. The fourth-order valence-electron chi connectivity index (χ4n) is 0.820. The summed E-state index contributed by atoms with van der Waals surface area (Å²) < 4.78 is 0. The highest BCUT2D eigenvalue weighted by Gasteiger charge is 1.94. The van der Waals surface area contributed by atoms with Gasteiger partial charge in [0.2, 0.25) is 0 Å². The second-order valence-corrected chi connectivity index (χ2v) is 4.14. The van der Waals surface area contributed by atoms with Crippen LogP contribution in [0.15, 0.2) is 35.4 Å². The van der Waals surface area contributed by atoms with Gasteiger partial charge in [-0.25, -0.2) is 4.98 Å². The van der Waals surface area contributed by atoms with Crippen molar-refractivity contribution in [3.05, 3.63) is 30.5 Å². The van der Waals surface area contributed by atoms with Crippen LogP contribution in [-0.2, 0) is 0 Å². The maximum absolute atomic E-state index is 5.47. The summed E-state index contributed by atoms with van der Waals surface area (Å²) in [6.45, 7) is 5.89. The molecule has 0 aliphatic heterocycles. The quantitative estimate of drug-likeness (QED) is 0.591. The van der Waals surface area contributed by atoms with E-state index in [9.17, 15) is 0 Å². The van der Waals surface area contributed by atoms with Crippen LogP contribution < -0.4 is 5.73 Å². The Morgan fingerprint density at radius 2 is 2.38 bits per heavy atom. The number of allylic oxidation sites excluding steroid dienone is 1. The number of anilines is 1. The van der Waals surface area contributed by atoms with Crippen molar-refractivity contribution in [1.29, 1.82) is 0 Å². The van der Waals surface area contributed by atoms with Crippen LogP contribution in [0.4, 0.5) is 5.82 Å². The SMILES string of the molecule is C=C(C)CCSc1ccc(N)nc1. The highest BCUT2D eigenvalue weighted by atomic mass is 32.2. The maximum atomic E-state index is 5.47. The Kier molecular flexibility index (Phi) is 3.83. The van der Waals surface area contributed by atoms with Crippen molar-refractivity contribution in [3.8, 4) is 0 Å². The van der Waals surface area contributed by atoms with Crippen LogP contribution in [0.1, 0.15) is 13.3 Å². The molecule has 1 aromatic rings. The minimum absolute atomic E-state index is 0.573. The Balaban J connectivity index is 2.37. The van der Waals surface area contributed by atoms with Gasteiger partial charge in [0.1, 0.15) is 5.82 Å². The summed E-state index contributed by atoms with van der Waals surface area (Å²) in [7, 11) is 0. The number of nitrogens with two attached hydrogens (primary N) is 1. The molecule has 0 aliphatic rings.